The molecule has 0 bridgehead atoms. The molecule has 0 heterocycles. The summed E-state index contributed by atoms with van der Waals surface area (Å²) >= 11 is 0. The molecular formula is C12H17NO3. The summed E-state index contributed by atoms with van der Waals surface area (Å²) in [5, 5.41) is 18.5. The molecule has 88 valence electrons. The Morgan fingerprint density at radius 3 is 2.25 bits per heavy atom. The van der Waals surface area contributed by atoms with Gasteiger partial charge in [-0.05, 0) is 37.0 Å². The number of phenolic OH excluding ortho intramolecular Hbond substituents is 1. The number of hydrogen-bond donors (Lipinski definition) is 3. The summed E-state index contributed by atoms with van der Waals surface area (Å²) in [5.41, 5.74) is 7.81. The van der Waals surface area contributed by atoms with Gasteiger partial charge in [0.15, 0.2) is 0 Å². The third-order valence-electron chi connectivity index (χ3n) is 2.67. The molecule has 16 heavy (non-hydrogen) atoms. The highest BCUT2D eigenvalue weighted by Gasteiger charge is 2.16. The van der Waals surface area contributed by atoms with E-state index in [9.17, 15) is 9.90 Å². The fraction of sp³-hybridized carbons (Fsp3) is 0.417. The molecule has 0 aliphatic heterocycles. The van der Waals surface area contributed by atoms with Gasteiger partial charge >= 0.3 is 5.97 Å². The van der Waals surface area contributed by atoms with E-state index in [1.165, 1.54) is 0 Å². The van der Waals surface area contributed by atoms with E-state index in [1.807, 2.05) is 0 Å². The normalized spacial score (nSPS) is 12.4. The smallest absolute Gasteiger partial charge is 0.308 e. The Bertz CT molecular complexity index is 378. The van der Waals surface area contributed by atoms with Gasteiger partial charge in [0.2, 0.25) is 0 Å². The minimum atomic E-state index is -0.883. The molecule has 0 aromatic heterocycles. The number of carboxylic acid groups (broad SMARTS) is 1. The largest absolute Gasteiger partial charge is 0.507 e. The van der Waals surface area contributed by atoms with E-state index < -0.39 is 11.9 Å². The summed E-state index contributed by atoms with van der Waals surface area (Å²) in [6, 6.07) is 3.60. The van der Waals surface area contributed by atoms with Crippen molar-refractivity contribution >= 4 is 5.97 Å². The predicted molar refractivity (Wildman–Crippen MR) is 61.5 cm³/mol. The van der Waals surface area contributed by atoms with Crippen LogP contribution in [-0.4, -0.2) is 22.7 Å². The minimum Gasteiger partial charge on any atom is -0.507 e. The van der Waals surface area contributed by atoms with Crippen LogP contribution in [0.4, 0.5) is 0 Å². The highest BCUT2D eigenvalue weighted by Crippen LogP contribution is 2.24. The van der Waals surface area contributed by atoms with E-state index >= 15 is 0 Å². The molecule has 1 aromatic rings. The zero-order valence-electron chi connectivity index (χ0n) is 9.53. The molecule has 0 aliphatic rings. The molecule has 0 spiro atoms. The Hall–Kier alpha value is -1.55. The first-order chi connectivity index (χ1) is 7.45. The first-order valence-corrected chi connectivity index (χ1v) is 5.17. The average molecular weight is 223 g/mol. The number of aromatic hydroxyl groups is 1. The van der Waals surface area contributed by atoms with Crippen molar-refractivity contribution in [3.8, 4) is 5.75 Å². The number of nitrogens with two attached hydrogens (primary N) is 1. The van der Waals surface area contributed by atoms with Gasteiger partial charge in [0.1, 0.15) is 5.75 Å². The van der Waals surface area contributed by atoms with Crippen molar-refractivity contribution in [2.24, 2.45) is 11.7 Å². The molecule has 1 aromatic carbocycles. The molecule has 4 N–H and O–H groups in total. The van der Waals surface area contributed by atoms with Crippen molar-refractivity contribution in [2.75, 3.05) is 6.54 Å². The monoisotopic (exact) mass is 223 g/mol. The minimum absolute atomic E-state index is 0.119. The zero-order valence-corrected chi connectivity index (χ0v) is 9.53. The maximum atomic E-state index is 10.8. The van der Waals surface area contributed by atoms with Gasteiger partial charge in [0.25, 0.3) is 0 Å². The van der Waals surface area contributed by atoms with Crippen LogP contribution >= 0.6 is 0 Å². The van der Waals surface area contributed by atoms with Gasteiger partial charge in [-0.3, -0.25) is 4.79 Å². The molecule has 4 nitrogen and oxygen atoms in total. The maximum Gasteiger partial charge on any atom is 0.308 e. The van der Waals surface area contributed by atoms with Crippen LogP contribution in [0.25, 0.3) is 0 Å². The van der Waals surface area contributed by atoms with Gasteiger partial charge in [-0.25, -0.2) is 0 Å². The van der Waals surface area contributed by atoms with Crippen molar-refractivity contribution in [3.63, 3.8) is 0 Å². The lowest BCUT2D eigenvalue weighted by Gasteiger charge is -2.12. The van der Waals surface area contributed by atoms with E-state index in [4.69, 9.17) is 10.8 Å². The van der Waals surface area contributed by atoms with Crippen LogP contribution in [0.3, 0.4) is 0 Å². The molecule has 0 aliphatic carbocycles. The van der Waals surface area contributed by atoms with Gasteiger partial charge in [0, 0.05) is 6.54 Å². The molecule has 0 amide bonds. The number of rotatable bonds is 4. The van der Waals surface area contributed by atoms with Crippen molar-refractivity contribution < 1.29 is 15.0 Å². The lowest BCUT2D eigenvalue weighted by molar-refractivity contribution is -0.141. The van der Waals surface area contributed by atoms with E-state index in [1.54, 1.807) is 26.0 Å². The van der Waals surface area contributed by atoms with Crippen LogP contribution in [0.2, 0.25) is 0 Å². The van der Waals surface area contributed by atoms with Gasteiger partial charge < -0.3 is 15.9 Å². The second-order valence-corrected chi connectivity index (χ2v) is 4.05. The molecule has 1 rings (SSSR count). The van der Waals surface area contributed by atoms with Gasteiger partial charge in [-0.15, -0.1) is 0 Å². The standard InChI is InChI=1S/C12H17NO3/c1-7-3-9(4-8(2)11(7)14)5-10(6-13)12(15)16/h3-4,10,14H,5-6,13H2,1-2H3,(H,15,16). The SMILES string of the molecule is Cc1cc(CC(CN)C(=O)O)cc(C)c1O. The fourth-order valence-corrected chi connectivity index (χ4v) is 1.72. The Balaban J connectivity index is 2.93. The average Bonchev–Trinajstić information content (AvgIpc) is 2.21. The Labute approximate surface area is 94.7 Å². The van der Waals surface area contributed by atoms with Crippen LogP contribution in [0.5, 0.6) is 5.75 Å². The number of aliphatic carboxylic acids is 1. The first kappa shape index (κ1) is 12.5. The second-order valence-electron chi connectivity index (χ2n) is 4.05. The number of benzene rings is 1. The summed E-state index contributed by atoms with van der Waals surface area (Å²) in [6.07, 6.45) is 0.397. The van der Waals surface area contributed by atoms with E-state index in [-0.39, 0.29) is 12.3 Å². The van der Waals surface area contributed by atoms with E-state index in [0.29, 0.717) is 6.42 Å². The zero-order chi connectivity index (χ0) is 12.3. The fourth-order valence-electron chi connectivity index (χ4n) is 1.72. The third-order valence-corrected chi connectivity index (χ3v) is 2.67. The number of hydrogen-bond acceptors (Lipinski definition) is 3. The summed E-state index contributed by atoms with van der Waals surface area (Å²) in [5.74, 6) is -1.18. The molecule has 0 radical (unpaired) electrons. The first-order valence-electron chi connectivity index (χ1n) is 5.17. The summed E-state index contributed by atoms with van der Waals surface area (Å²) < 4.78 is 0. The Kier molecular flexibility index (Phi) is 3.90. The number of carboxylic acids is 1. The van der Waals surface area contributed by atoms with Crippen LogP contribution < -0.4 is 5.73 Å². The van der Waals surface area contributed by atoms with Crippen LogP contribution in [-0.2, 0) is 11.2 Å². The van der Waals surface area contributed by atoms with Crippen molar-refractivity contribution in [2.45, 2.75) is 20.3 Å². The lowest BCUT2D eigenvalue weighted by Crippen LogP contribution is -2.25. The highest BCUT2D eigenvalue weighted by atomic mass is 16.4. The summed E-state index contributed by atoms with van der Waals surface area (Å²) in [7, 11) is 0. The van der Waals surface area contributed by atoms with Crippen molar-refractivity contribution in [1.29, 1.82) is 0 Å². The highest BCUT2D eigenvalue weighted by molar-refractivity contribution is 5.70. The van der Waals surface area contributed by atoms with Gasteiger partial charge in [-0.1, -0.05) is 12.1 Å². The van der Waals surface area contributed by atoms with Crippen molar-refractivity contribution in [3.05, 3.63) is 28.8 Å². The Morgan fingerprint density at radius 1 is 1.38 bits per heavy atom. The quantitative estimate of drug-likeness (QED) is 0.716. The number of aryl methyl sites for hydroxylation is 2. The maximum absolute atomic E-state index is 10.8. The molecule has 0 saturated carbocycles. The molecule has 1 atom stereocenters. The number of carbonyl (C=O) groups is 1. The summed E-state index contributed by atoms with van der Waals surface area (Å²) in [4.78, 5) is 10.8. The molecule has 1 unspecified atom stereocenters. The van der Waals surface area contributed by atoms with E-state index in [2.05, 4.69) is 0 Å². The molecule has 4 heteroatoms. The predicted octanol–water partition coefficient (Wildman–Crippen LogP) is 1.21. The van der Waals surface area contributed by atoms with Crippen LogP contribution in [0.1, 0.15) is 16.7 Å². The molecule has 0 fully saturated rings. The lowest BCUT2D eigenvalue weighted by atomic mass is 9.96. The third kappa shape index (κ3) is 2.73. The topological polar surface area (TPSA) is 83.6 Å². The summed E-state index contributed by atoms with van der Waals surface area (Å²) in [6.45, 7) is 3.71. The molecule has 0 saturated heterocycles. The molecular weight excluding hydrogens is 206 g/mol. The van der Waals surface area contributed by atoms with Crippen LogP contribution in [0, 0.1) is 19.8 Å². The Morgan fingerprint density at radius 2 is 1.88 bits per heavy atom. The van der Waals surface area contributed by atoms with Gasteiger partial charge in [0.05, 0.1) is 5.92 Å². The van der Waals surface area contributed by atoms with E-state index in [0.717, 1.165) is 16.7 Å². The second kappa shape index (κ2) is 4.99. The van der Waals surface area contributed by atoms with Gasteiger partial charge in [-0.2, -0.15) is 0 Å². The van der Waals surface area contributed by atoms with Crippen molar-refractivity contribution in [1.82, 2.24) is 0 Å². The number of phenols is 1. The van der Waals surface area contributed by atoms with Crippen LogP contribution in [0.15, 0.2) is 12.1 Å².